The third kappa shape index (κ3) is 3.19. The van der Waals surface area contributed by atoms with Gasteiger partial charge in [0, 0.05) is 17.9 Å². The van der Waals surface area contributed by atoms with Crippen LogP contribution in [0.3, 0.4) is 0 Å². The van der Waals surface area contributed by atoms with Crippen LogP contribution in [0.5, 0.6) is 0 Å². The molecule has 25 heavy (non-hydrogen) atoms. The van der Waals surface area contributed by atoms with Crippen LogP contribution >= 0.6 is 0 Å². The largest absolute Gasteiger partial charge is 0.497 e. The molecule has 0 amide bonds. The van der Waals surface area contributed by atoms with Gasteiger partial charge in [0.2, 0.25) is 0 Å². The lowest BCUT2D eigenvalue weighted by Crippen LogP contribution is -2.41. The molecule has 5 nitrogen and oxygen atoms in total. The number of halogens is 1. The van der Waals surface area contributed by atoms with E-state index in [0.717, 1.165) is 0 Å². The van der Waals surface area contributed by atoms with E-state index in [1.807, 2.05) is 27.7 Å². The maximum Gasteiger partial charge on any atom is 0.497 e. The molecule has 1 N–H and O–H groups in total. The summed E-state index contributed by atoms with van der Waals surface area (Å²) in [6.45, 7) is 9.41. The molecule has 3 rings (SSSR count). The van der Waals surface area contributed by atoms with E-state index in [0.29, 0.717) is 17.0 Å². The number of hydrogen-bond donors (Lipinski definition) is 1. The van der Waals surface area contributed by atoms with Gasteiger partial charge in [-0.3, -0.25) is 9.97 Å². The Balaban J connectivity index is 1.96. The third-order valence-electron chi connectivity index (χ3n) is 5.02. The molecule has 132 valence electrons. The second-order valence-corrected chi connectivity index (χ2v) is 7.30. The van der Waals surface area contributed by atoms with Gasteiger partial charge in [-0.05, 0) is 46.2 Å². The summed E-state index contributed by atoms with van der Waals surface area (Å²) in [6, 6.07) is 4.41. The summed E-state index contributed by atoms with van der Waals surface area (Å²) >= 11 is 0. The molecule has 1 saturated heterocycles. The number of hydrogen-bond acceptors (Lipinski definition) is 5. The lowest BCUT2D eigenvalue weighted by molar-refractivity contribution is 0.00578. The van der Waals surface area contributed by atoms with Gasteiger partial charge in [0.1, 0.15) is 11.9 Å². The fourth-order valence-corrected chi connectivity index (χ4v) is 2.73. The molecule has 0 aliphatic carbocycles. The quantitative estimate of drug-likeness (QED) is 0.866. The van der Waals surface area contributed by atoms with Gasteiger partial charge in [0.15, 0.2) is 0 Å². The number of rotatable bonds is 3. The van der Waals surface area contributed by atoms with Crippen molar-refractivity contribution in [3.05, 3.63) is 53.4 Å². The van der Waals surface area contributed by atoms with E-state index in [-0.39, 0.29) is 5.46 Å². The molecule has 1 aliphatic rings. The standard InChI is InChI=1S/C18H22BFN2O3/c1-11-15(22-9-8-21-11)16(23)12-6-7-14(20)13(10-12)19-24-17(2,3)18(4,5)25-19/h6-10,16,23H,1-5H3/t16-/m1/s1. The molecule has 1 aliphatic heterocycles. The number of aromatic nitrogens is 2. The highest BCUT2D eigenvalue weighted by Gasteiger charge is 2.52. The Kier molecular flexibility index (Phi) is 4.43. The third-order valence-corrected chi connectivity index (χ3v) is 5.02. The summed E-state index contributed by atoms with van der Waals surface area (Å²) < 4.78 is 26.2. The Morgan fingerprint density at radius 2 is 1.68 bits per heavy atom. The van der Waals surface area contributed by atoms with Crippen molar-refractivity contribution in [1.82, 2.24) is 9.97 Å². The fraction of sp³-hybridized carbons (Fsp3) is 0.444. The number of benzene rings is 1. The Hall–Kier alpha value is -1.83. The topological polar surface area (TPSA) is 64.5 Å². The molecule has 7 heteroatoms. The van der Waals surface area contributed by atoms with E-state index in [2.05, 4.69) is 9.97 Å². The molecule has 0 spiro atoms. The highest BCUT2D eigenvalue weighted by molar-refractivity contribution is 6.62. The Labute approximate surface area is 147 Å². The van der Waals surface area contributed by atoms with Crippen molar-refractivity contribution in [1.29, 1.82) is 0 Å². The Morgan fingerprint density at radius 1 is 1.08 bits per heavy atom. The molecule has 0 bridgehead atoms. The van der Waals surface area contributed by atoms with Crippen molar-refractivity contribution in [2.45, 2.75) is 51.9 Å². The van der Waals surface area contributed by atoms with Crippen LogP contribution < -0.4 is 5.46 Å². The summed E-state index contributed by atoms with van der Waals surface area (Å²) in [6.07, 6.45) is 2.08. The van der Waals surface area contributed by atoms with Crippen molar-refractivity contribution in [3.63, 3.8) is 0 Å². The van der Waals surface area contributed by atoms with Crippen LogP contribution in [0.1, 0.15) is 50.8 Å². The van der Waals surface area contributed by atoms with E-state index < -0.39 is 30.2 Å². The average Bonchev–Trinajstić information content (AvgIpc) is 2.75. The monoisotopic (exact) mass is 344 g/mol. The SMILES string of the molecule is Cc1nccnc1[C@H](O)c1ccc(F)c(B2OC(C)(C)C(C)(C)O2)c1. The first-order valence-electron chi connectivity index (χ1n) is 8.23. The minimum Gasteiger partial charge on any atom is -0.399 e. The van der Waals surface area contributed by atoms with Gasteiger partial charge in [0.25, 0.3) is 0 Å². The summed E-state index contributed by atoms with van der Waals surface area (Å²) in [4.78, 5) is 8.32. The van der Waals surface area contributed by atoms with Gasteiger partial charge in [0.05, 0.1) is 22.6 Å². The van der Waals surface area contributed by atoms with Gasteiger partial charge < -0.3 is 14.4 Å². The lowest BCUT2D eigenvalue weighted by Gasteiger charge is -2.32. The second-order valence-electron chi connectivity index (χ2n) is 7.30. The van der Waals surface area contributed by atoms with E-state index in [1.165, 1.54) is 18.3 Å². The van der Waals surface area contributed by atoms with Gasteiger partial charge in [-0.1, -0.05) is 12.1 Å². The van der Waals surface area contributed by atoms with Crippen LogP contribution in [-0.4, -0.2) is 33.4 Å². The molecule has 2 aromatic rings. The van der Waals surface area contributed by atoms with Gasteiger partial charge in [-0.15, -0.1) is 0 Å². The molecular formula is C18H22BFN2O3. The first-order valence-corrected chi connectivity index (χ1v) is 8.23. The Bertz CT molecular complexity index is 782. The molecule has 0 unspecified atom stereocenters. The smallest absolute Gasteiger partial charge is 0.399 e. The molecule has 2 heterocycles. The lowest BCUT2D eigenvalue weighted by atomic mass is 9.77. The average molecular weight is 344 g/mol. The van der Waals surface area contributed by atoms with Crippen molar-refractivity contribution in [2.24, 2.45) is 0 Å². The van der Waals surface area contributed by atoms with Crippen molar-refractivity contribution in [3.8, 4) is 0 Å². The Morgan fingerprint density at radius 3 is 2.28 bits per heavy atom. The summed E-state index contributed by atoms with van der Waals surface area (Å²) in [5.74, 6) is -0.440. The van der Waals surface area contributed by atoms with E-state index >= 15 is 0 Å². The van der Waals surface area contributed by atoms with Crippen LogP contribution in [0.15, 0.2) is 30.6 Å². The number of aryl methyl sites for hydroxylation is 1. The van der Waals surface area contributed by atoms with Gasteiger partial charge in [-0.2, -0.15) is 0 Å². The predicted octanol–water partition coefficient (Wildman–Crippen LogP) is 2.31. The maximum atomic E-state index is 14.4. The predicted molar refractivity (Wildman–Crippen MR) is 92.9 cm³/mol. The van der Waals surface area contributed by atoms with Gasteiger partial charge >= 0.3 is 7.12 Å². The first-order chi connectivity index (χ1) is 11.6. The van der Waals surface area contributed by atoms with Crippen LogP contribution in [-0.2, 0) is 9.31 Å². The van der Waals surface area contributed by atoms with E-state index in [4.69, 9.17) is 9.31 Å². The highest BCUT2D eigenvalue weighted by atomic mass is 19.1. The minimum absolute atomic E-state index is 0.261. The normalized spacial score (nSPS) is 19.9. The van der Waals surface area contributed by atoms with Crippen molar-refractivity contribution < 1.29 is 18.8 Å². The number of nitrogens with zero attached hydrogens (tertiary/aromatic N) is 2. The summed E-state index contributed by atoms with van der Waals surface area (Å²) in [5, 5.41) is 10.6. The molecule has 1 aromatic carbocycles. The van der Waals surface area contributed by atoms with Crippen molar-refractivity contribution >= 4 is 12.6 Å². The van der Waals surface area contributed by atoms with Crippen LogP contribution in [0.4, 0.5) is 4.39 Å². The van der Waals surface area contributed by atoms with Crippen LogP contribution in [0, 0.1) is 12.7 Å². The molecule has 1 aromatic heterocycles. The van der Waals surface area contributed by atoms with Crippen molar-refractivity contribution in [2.75, 3.05) is 0 Å². The maximum absolute atomic E-state index is 14.4. The van der Waals surface area contributed by atoms with Gasteiger partial charge in [-0.25, -0.2) is 4.39 Å². The first kappa shape index (κ1) is 18.0. The molecular weight excluding hydrogens is 322 g/mol. The zero-order chi connectivity index (χ0) is 18.4. The van der Waals surface area contributed by atoms with Crippen LogP contribution in [0.2, 0.25) is 0 Å². The second kappa shape index (κ2) is 6.16. The number of aliphatic hydroxyl groups is 1. The molecule has 0 saturated carbocycles. The minimum atomic E-state index is -1.00. The van der Waals surface area contributed by atoms with E-state index in [9.17, 15) is 9.50 Å². The molecule has 1 fully saturated rings. The summed E-state index contributed by atoms with van der Waals surface area (Å²) in [7, 11) is -0.833. The molecule has 0 radical (unpaired) electrons. The van der Waals surface area contributed by atoms with Crippen LogP contribution in [0.25, 0.3) is 0 Å². The number of aliphatic hydroxyl groups excluding tert-OH is 1. The van der Waals surface area contributed by atoms with E-state index in [1.54, 1.807) is 19.2 Å². The fourth-order valence-electron chi connectivity index (χ4n) is 2.73. The molecule has 1 atom stereocenters. The summed E-state index contributed by atoms with van der Waals surface area (Å²) in [5.41, 5.74) is 0.692. The zero-order valence-corrected chi connectivity index (χ0v) is 15.1. The highest BCUT2D eigenvalue weighted by Crippen LogP contribution is 2.36. The zero-order valence-electron chi connectivity index (χ0n) is 15.1.